The molecule has 3 aromatic rings. The second kappa shape index (κ2) is 7.47. The van der Waals surface area contributed by atoms with Crippen molar-refractivity contribution in [3.63, 3.8) is 0 Å². The van der Waals surface area contributed by atoms with Crippen molar-refractivity contribution in [3.8, 4) is 5.69 Å². The van der Waals surface area contributed by atoms with Gasteiger partial charge in [-0.3, -0.25) is 19.9 Å². The SMILES string of the molecule is O=C1NC(=O)N(c2cccnc2)C(=O)/C1=C/c1cccn1-c1ccc(C(=O)[O-])cc1. The van der Waals surface area contributed by atoms with Gasteiger partial charge in [0.15, 0.2) is 0 Å². The van der Waals surface area contributed by atoms with Crippen molar-refractivity contribution in [3.05, 3.63) is 84.0 Å². The molecule has 9 heteroatoms. The first-order chi connectivity index (χ1) is 14.5. The quantitative estimate of drug-likeness (QED) is 0.512. The highest BCUT2D eigenvalue weighted by Crippen LogP contribution is 2.22. The summed E-state index contributed by atoms with van der Waals surface area (Å²) in [6.45, 7) is 0. The van der Waals surface area contributed by atoms with E-state index in [4.69, 9.17) is 0 Å². The number of amides is 4. The number of carboxylic acid groups (broad SMARTS) is 1. The van der Waals surface area contributed by atoms with Crippen molar-refractivity contribution < 1.29 is 24.3 Å². The number of carbonyl (C=O) groups is 4. The van der Waals surface area contributed by atoms with Gasteiger partial charge in [0.1, 0.15) is 5.57 Å². The van der Waals surface area contributed by atoms with Crippen LogP contribution in [0.1, 0.15) is 16.1 Å². The van der Waals surface area contributed by atoms with E-state index in [0.717, 1.165) is 4.90 Å². The highest BCUT2D eigenvalue weighted by molar-refractivity contribution is 6.39. The molecule has 148 valence electrons. The van der Waals surface area contributed by atoms with Crippen LogP contribution in [0.4, 0.5) is 10.5 Å². The predicted octanol–water partition coefficient (Wildman–Crippen LogP) is 0.902. The van der Waals surface area contributed by atoms with E-state index in [0.29, 0.717) is 11.4 Å². The van der Waals surface area contributed by atoms with Crippen LogP contribution >= 0.6 is 0 Å². The number of nitrogens with zero attached hydrogens (tertiary/aromatic N) is 3. The number of nitrogens with one attached hydrogen (secondary N) is 1. The van der Waals surface area contributed by atoms with Gasteiger partial charge in [-0.25, -0.2) is 9.69 Å². The van der Waals surface area contributed by atoms with Crippen LogP contribution in [0.5, 0.6) is 0 Å². The zero-order chi connectivity index (χ0) is 21.3. The van der Waals surface area contributed by atoms with Crippen LogP contribution in [-0.4, -0.2) is 33.4 Å². The van der Waals surface area contributed by atoms with Gasteiger partial charge < -0.3 is 14.5 Å². The molecular weight excluding hydrogens is 388 g/mol. The van der Waals surface area contributed by atoms with E-state index < -0.39 is 23.8 Å². The Morgan fingerprint density at radius 3 is 2.43 bits per heavy atom. The highest BCUT2D eigenvalue weighted by atomic mass is 16.4. The second-order valence-electron chi connectivity index (χ2n) is 6.31. The molecule has 1 aliphatic heterocycles. The van der Waals surface area contributed by atoms with Crippen molar-refractivity contribution in [1.82, 2.24) is 14.9 Å². The number of anilines is 1. The minimum absolute atomic E-state index is 0.0262. The zero-order valence-electron chi connectivity index (χ0n) is 15.3. The molecule has 0 saturated carbocycles. The van der Waals surface area contributed by atoms with Gasteiger partial charge in [-0.05, 0) is 48.0 Å². The molecule has 3 heterocycles. The molecule has 4 rings (SSSR count). The molecule has 1 fully saturated rings. The lowest BCUT2D eigenvalue weighted by molar-refractivity contribution is -0.255. The summed E-state index contributed by atoms with van der Waals surface area (Å²) in [6.07, 6.45) is 5.89. The molecule has 0 radical (unpaired) electrons. The lowest BCUT2D eigenvalue weighted by atomic mass is 10.1. The van der Waals surface area contributed by atoms with E-state index in [1.165, 1.54) is 36.7 Å². The number of aromatic carboxylic acids is 1. The average Bonchev–Trinajstić information content (AvgIpc) is 3.20. The third kappa shape index (κ3) is 3.35. The van der Waals surface area contributed by atoms with Gasteiger partial charge in [0.05, 0.1) is 17.9 Å². The number of barbiturate groups is 1. The van der Waals surface area contributed by atoms with E-state index in [1.54, 1.807) is 41.1 Å². The van der Waals surface area contributed by atoms with Crippen LogP contribution < -0.4 is 15.3 Å². The number of carbonyl (C=O) groups excluding carboxylic acids is 4. The third-order valence-corrected chi connectivity index (χ3v) is 4.46. The Hall–Kier alpha value is -4.53. The Morgan fingerprint density at radius 1 is 1.00 bits per heavy atom. The predicted molar refractivity (Wildman–Crippen MR) is 103 cm³/mol. The average molecular weight is 401 g/mol. The van der Waals surface area contributed by atoms with Crippen LogP contribution in [0, 0.1) is 0 Å². The monoisotopic (exact) mass is 401 g/mol. The third-order valence-electron chi connectivity index (χ3n) is 4.46. The Balaban J connectivity index is 1.72. The fraction of sp³-hybridized carbons (Fsp3) is 0. The highest BCUT2D eigenvalue weighted by Gasteiger charge is 2.37. The molecule has 4 amide bonds. The molecule has 0 atom stereocenters. The van der Waals surface area contributed by atoms with Crippen molar-refractivity contribution in [2.75, 3.05) is 4.90 Å². The van der Waals surface area contributed by atoms with Gasteiger partial charge in [-0.2, -0.15) is 0 Å². The van der Waals surface area contributed by atoms with Crippen molar-refractivity contribution in [2.24, 2.45) is 0 Å². The smallest absolute Gasteiger partial charge is 0.336 e. The van der Waals surface area contributed by atoms with E-state index in [-0.39, 0.29) is 16.8 Å². The molecule has 1 saturated heterocycles. The molecular formula is C21H13N4O5-. The largest absolute Gasteiger partial charge is 0.545 e. The van der Waals surface area contributed by atoms with Gasteiger partial charge in [-0.15, -0.1) is 0 Å². The fourth-order valence-corrected chi connectivity index (χ4v) is 3.03. The molecule has 0 spiro atoms. The zero-order valence-corrected chi connectivity index (χ0v) is 15.3. The number of rotatable bonds is 4. The Kier molecular flexibility index (Phi) is 4.69. The second-order valence-corrected chi connectivity index (χ2v) is 6.31. The van der Waals surface area contributed by atoms with Gasteiger partial charge in [0, 0.05) is 23.8 Å². The number of urea groups is 1. The molecule has 9 nitrogen and oxygen atoms in total. The van der Waals surface area contributed by atoms with E-state index in [2.05, 4.69) is 10.3 Å². The molecule has 0 aliphatic carbocycles. The first kappa shape index (κ1) is 18.8. The Labute approximate surface area is 169 Å². The topological polar surface area (TPSA) is 124 Å². The summed E-state index contributed by atoms with van der Waals surface area (Å²) in [5.41, 5.74) is 1.12. The first-order valence-electron chi connectivity index (χ1n) is 8.76. The van der Waals surface area contributed by atoms with Crippen molar-refractivity contribution >= 4 is 35.6 Å². The van der Waals surface area contributed by atoms with Crippen LogP contribution in [0.3, 0.4) is 0 Å². The van der Waals surface area contributed by atoms with Crippen LogP contribution in [0.2, 0.25) is 0 Å². The maximum atomic E-state index is 12.9. The van der Waals surface area contributed by atoms with Gasteiger partial charge in [0.25, 0.3) is 11.8 Å². The standard InChI is InChI=1S/C21H14N4O5/c26-18-17(19(27)25(21(30)23-18)16-3-1-9-22-12-16)11-15-4-2-10-24(15)14-7-5-13(6-8-14)20(28)29/h1-12H,(H,28,29)(H,23,26,30)/p-1/b17-11+. The van der Waals surface area contributed by atoms with E-state index >= 15 is 0 Å². The molecule has 1 N–H and O–H groups in total. The Morgan fingerprint density at radius 2 is 1.77 bits per heavy atom. The number of aromatic nitrogens is 2. The maximum Gasteiger partial charge on any atom is 0.336 e. The molecule has 0 unspecified atom stereocenters. The first-order valence-corrected chi connectivity index (χ1v) is 8.76. The minimum atomic E-state index is -1.29. The van der Waals surface area contributed by atoms with E-state index in [9.17, 15) is 24.3 Å². The molecule has 30 heavy (non-hydrogen) atoms. The summed E-state index contributed by atoms with van der Waals surface area (Å²) in [7, 11) is 0. The molecule has 1 aromatic carbocycles. The molecule has 2 aromatic heterocycles. The normalized spacial score (nSPS) is 15.4. The van der Waals surface area contributed by atoms with Crippen LogP contribution in [-0.2, 0) is 9.59 Å². The fourth-order valence-electron chi connectivity index (χ4n) is 3.03. The van der Waals surface area contributed by atoms with Gasteiger partial charge in [0.2, 0.25) is 0 Å². The molecule has 1 aliphatic rings. The summed E-state index contributed by atoms with van der Waals surface area (Å²) in [6, 6.07) is 11.5. The van der Waals surface area contributed by atoms with Crippen molar-refractivity contribution in [1.29, 1.82) is 0 Å². The summed E-state index contributed by atoms with van der Waals surface area (Å²) < 4.78 is 1.66. The summed E-state index contributed by atoms with van der Waals surface area (Å²) in [4.78, 5) is 53.1. The number of benzene rings is 1. The lowest BCUT2D eigenvalue weighted by Gasteiger charge is -2.26. The van der Waals surface area contributed by atoms with Gasteiger partial charge >= 0.3 is 6.03 Å². The number of hydrogen-bond acceptors (Lipinski definition) is 6. The summed E-state index contributed by atoms with van der Waals surface area (Å²) in [5, 5.41) is 13.1. The van der Waals surface area contributed by atoms with Crippen LogP contribution in [0.25, 0.3) is 11.8 Å². The van der Waals surface area contributed by atoms with E-state index in [1.807, 2.05) is 0 Å². The summed E-state index contributed by atoms with van der Waals surface area (Å²) in [5.74, 6) is -2.89. The number of pyridine rings is 1. The maximum absolute atomic E-state index is 12.9. The number of carboxylic acids is 1. The number of hydrogen-bond donors (Lipinski definition) is 1. The van der Waals surface area contributed by atoms with Crippen LogP contribution in [0.15, 0.2) is 72.7 Å². The van der Waals surface area contributed by atoms with Gasteiger partial charge in [-0.1, -0.05) is 12.1 Å². The minimum Gasteiger partial charge on any atom is -0.545 e. The molecule has 0 bridgehead atoms. The van der Waals surface area contributed by atoms with Crippen molar-refractivity contribution in [2.45, 2.75) is 0 Å². The number of imide groups is 2. The summed E-state index contributed by atoms with van der Waals surface area (Å²) >= 11 is 0. The Bertz CT molecular complexity index is 1200. The lowest BCUT2D eigenvalue weighted by Crippen LogP contribution is -2.54.